The maximum Gasteiger partial charge on any atom is 0.166 e. The average molecular weight is 445 g/mol. The molecule has 0 amide bonds. The van der Waals surface area contributed by atoms with Gasteiger partial charge in [0.1, 0.15) is 0 Å². The second kappa shape index (κ2) is 11.6. The Morgan fingerprint density at radius 1 is 1.10 bits per heavy atom. The van der Waals surface area contributed by atoms with E-state index in [9.17, 15) is 0 Å². The van der Waals surface area contributed by atoms with Crippen molar-refractivity contribution in [1.29, 1.82) is 0 Å². The Labute approximate surface area is 193 Å². The van der Waals surface area contributed by atoms with Crippen LogP contribution >= 0.6 is 12.2 Å². The highest BCUT2D eigenvalue weighted by Crippen LogP contribution is 2.37. The maximum atomic E-state index is 5.40. The van der Waals surface area contributed by atoms with E-state index in [0.29, 0.717) is 12.6 Å². The molecule has 5 nitrogen and oxygen atoms in total. The third kappa shape index (κ3) is 6.64. The Bertz CT molecular complexity index is 679. The Hall–Kier alpha value is -1.21. The molecule has 1 aromatic rings. The molecule has 0 spiro atoms. The molecular formula is C25H40N4OS. The van der Waals surface area contributed by atoms with Crippen molar-refractivity contribution in [2.75, 3.05) is 59.5 Å². The van der Waals surface area contributed by atoms with Gasteiger partial charge in [0.15, 0.2) is 5.11 Å². The van der Waals surface area contributed by atoms with Gasteiger partial charge in [-0.3, -0.25) is 4.90 Å². The molecule has 0 aliphatic carbocycles. The second-order valence-electron chi connectivity index (χ2n) is 9.76. The number of methoxy groups -OCH3 is 1. The molecule has 1 unspecified atom stereocenters. The summed E-state index contributed by atoms with van der Waals surface area (Å²) in [5.41, 5.74) is 1.51. The Morgan fingerprint density at radius 2 is 1.90 bits per heavy atom. The molecule has 0 aromatic heterocycles. The number of thiocarbonyl (C=S) groups is 1. The van der Waals surface area contributed by atoms with Crippen LogP contribution in [0, 0.1) is 17.8 Å². The van der Waals surface area contributed by atoms with Gasteiger partial charge in [-0.25, -0.2) is 0 Å². The summed E-state index contributed by atoms with van der Waals surface area (Å²) in [5.74, 6) is 2.60. The van der Waals surface area contributed by atoms with Crippen LogP contribution in [0.15, 0.2) is 30.3 Å². The van der Waals surface area contributed by atoms with Crippen LogP contribution in [-0.2, 0) is 11.2 Å². The van der Waals surface area contributed by atoms with E-state index in [1.54, 1.807) is 7.11 Å². The number of rotatable bonds is 9. The minimum Gasteiger partial charge on any atom is -0.383 e. The van der Waals surface area contributed by atoms with Gasteiger partial charge in [0.2, 0.25) is 0 Å². The molecule has 2 N–H and O–H groups in total. The summed E-state index contributed by atoms with van der Waals surface area (Å²) in [7, 11) is 1.72. The van der Waals surface area contributed by atoms with Gasteiger partial charge in [-0.1, -0.05) is 30.3 Å². The third-order valence-electron chi connectivity index (χ3n) is 7.67. The van der Waals surface area contributed by atoms with Crippen molar-refractivity contribution in [1.82, 2.24) is 20.4 Å². The highest BCUT2D eigenvalue weighted by atomic mass is 32.1. The first-order valence-corrected chi connectivity index (χ1v) is 12.6. The minimum absolute atomic E-state index is 0.633. The van der Waals surface area contributed by atoms with Crippen LogP contribution in [0.1, 0.15) is 31.2 Å². The van der Waals surface area contributed by atoms with Crippen LogP contribution in [-0.4, -0.2) is 80.5 Å². The van der Waals surface area contributed by atoms with Crippen LogP contribution in [0.5, 0.6) is 0 Å². The summed E-state index contributed by atoms with van der Waals surface area (Å²) >= 11 is 5.40. The van der Waals surface area contributed by atoms with Gasteiger partial charge in [0, 0.05) is 39.3 Å². The topological polar surface area (TPSA) is 39.8 Å². The molecule has 4 atom stereocenters. The number of likely N-dealkylation sites (tertiary alicyclic amines) is 1. The number of nitrogens with zero attached hydrogens (tertiary/aromatic N) is 2. The van der Waals surface area contributed by atoms with Crippen LogP contribution < -0.4 is 10.6 Å². The quantitative estimate of drug-likeness (QED) is 0.451. The number of nitrogens with one attached hydrogen (secondary N) is 2. The molecule has 0 saturated carbocycles. The van der Waals surface area contributed by atoms with Crippen molar-refractivity contribution >= 4 is 17.3 Å². The van der Waals surface area contributed by atoms with E-state index in [1.165, 1.54) is 70.4 Å². The van der Waals surface area contributed by atoms with Crippen molar-refractivity contribution in [2.45, 2.75) is 38.1 Å². The number of benzene rings is 1. The molecule has 4 fully saturated rings. The summed E-state index contributed by atoms with van der Waals surface area (Å²) in [6.45, 7) is 8.82. The molecule has 172 valence electrons. The van der Waals surface area contributed by atoms with Crippen LogP contribution in [0.2, 0.25) is 0 Å². The second-order valence-corrected chi connectivity index (χ2v) is 10.2. The van der Waals surface area contributed by atoms with Gasteiger partial charge in [0.25, 0.3) is 0 Å². The first-order valence-electron chi connectivity index (χ1n) is 12.2. The fourth-order valence-electron chi connectivity index (χ4n) is 5.86. The molecule has 5 rings (SSSR count). The molecule has 0 radical (unpaired) electrons. The third-order valence-corrected chi connectivity index (χ3v) is 7.96. The monoisotopic (exact) mass is 444 g/mol. The number of fused-ring (bicyclic) bond motifs is 3. The normalized spacial score (nSPS) is 29.1. The van der Waals surface area contributed by atoms with Gasteiger partial charge in [-0.05, 0) is 87.3 Å². The van der Waals surface area contributed by atoms with Crippen molar-refractivity contribution in [2.24, 2.45) is 17.8 Å². The zero-order valence-corrected chi connectivity index (χ0v) is 19.9. The fraction of sp³-hybridized carbons (Fsp3) is 0.720. The van der Waals surface area contributed by atoms with Crippen LogP contribution in [0.4, 0.5) is 0 Å². The predicted octanol–water partition coefficient (Wildman–Crippen LogP) is 2.76. The molecular weight excluding hydrogens is 404 g/mol. The summed E-state index contributed by atoms with van der Waals surface area (Å²) < 4.78 is 5.07. The van der Waals surface area contributed by atoms with E-state index in [2.05, 4.69) is 50.8 Å². The molecule has 2 bridgehead atoms. The number of hydrogen-bond donors (Lipinski definition) is 2. The molecule has 4 aliphatic heterocycles. The van der Waals surface area contributed by atoms with Gasteiger partial charge >= 0.3 is 0 Å². The van der Waals surface area contributed by atoms with Gasteiger partial charge in [0.05, 0.1) is 6.61 Å². The van der Waals surface area contributed by atoms with Gasteiger partial charge in [-0.15, -0.1) is 0 Å². The lowest BCUT2D eigenvalue weighted by molar-refractivity contribution is -0.0142. The van der Waals surface area contributed by atoms with Crippen LogP contribution in [0.25, 0.3) is 0 Å². The van der Waals surface area contributed by atoms with Gasteiger partial charge in [-0.2, -0.15) is 0 Å². The van der Waals surface area contributed by atoms with Crippen LogP contribution in [0.3, 0.4) is 0 Å². The maximum absolute atomic E-state index is 5.40. The number of hydrogen-bond acceptors (Lipinski definition) is 4. The van der Waals surface area contributed by atoms with E-state index in [1.807, 2.05) is 0 Å². The Morgan fingerprint density at radius 3 is 2.61 bits per heavy atom. The van der Waals surface area contributed by atoms with E-state index in [-0.39, 0.29) is 0 Å². The predicted molar refractivity (Wildman–Crippen MR) is 131 cm³/mol. The molecule has 1 aromatic carbocycles. The Kier molecular flexibility index (Phi) is 8.59. The average Bonchev–Trinajstić information content (AvgIpc) is 2.80. The van der Waals surface area contributed by atoms with E-state index < -0.39 is 0 Å². The zero-order valence-electron chi connectivity index (χ0n) is 19.1. The lowest BCUT2D eigenvalue weighted by atomic mass is 9.75. The van der Waals surface area contributed by atoms with Crippen molar-refractivity contribution in [3.8, 4) is 0 Å². The van der Waals surface area contributed by atoms with E-state index >= 15 is 0 Å². The largest absolute Gasteiger partial charge is 0.383 e. The molecule has 6 heteroatoms. The van der Waals surface area contributed by atoms with Gasteiger partial charge < -0.3 is 20.3 Å². The lowest BCUT2D eigenvalue weighted by Crippen LogP contribution is -2.59. The summed E-state index contributed by atoms with van der Waals surface area (Å²) in [6, 6.07) is 11.7. The van der Waals surface area contributed by atoms with E-state index in [0.717, 1.165) is 36.0 Å². The Balaban J connectivity index is 1.16. The smallest absolute Gasteiger partial charge is 0.166 e. The summed E-state index contributed by atoms with van der Waals surface area (Å²) in [6.07, 6.45) is 6.67. The minimum atomic E-state index is 0.633. The van der Waals surface area contributed by atoms with E-state index in [4.69, 9.17) is 17.0 Å². The molecule has 31 heavy (non-hydrogen) atoms. The number of piperidine rings is 4. The lowest BCUT2D eigenvalue weighted by Gasteiger charge is -2.51. The fourth-order valence-corrected chi connectivity index (χ4v) is 6.05. The van der Waals surface area contributed by atoms with Crippen molar-refractivity contribution in [3.05, 3.63) is 35.9 Å². The summed E-state index contributed by atoms with van der Waals surface area (Å²) in [4.78, 5) is 5.48. The SMILES string of the molecule is COCCNC(=S)NC[C@@H]1C[C@H]2CCN1C[C@@H]2CN1CCC(Cc2ccccc2)CC1. The summed E-state index contributed by atoms with van der Waals surface area (Å²) in [5, 5.41) is 7.41. The standard InChI is InChI=1S/C25H40N4OS/c1-30-14-10-26-25(31)27-17-24-16-22-9-13-29(24)19-23(22)18-28-11-7-21(8-12-28)15-20-5-3-2-4-6-20/h2-6,21-24H,7-19H2,1H3,(H2,26,27,31)/t22-,23+,24+/m1/s1. The van der Waals surface area contributed by atoms with Crippen molar-refractivity contribution in [3.63, 3.8) is 0 Å². The first-order chi connectivity index (χ1) is 15.2. The molecule has 4 aliphatic rings. The number of ether oxygens (including phenoxy) is 1. The zero-order chi connectivity index (χ0) is 21.5. The highest BCUT2D eigenvalue weighted by Gasteiger charge is 2.40. The molecule has 4 saturated heterocycles. The first kappa shape index (κ1) is 23.0. The molecule has 4 heterocycles. The highest BCUT2D eigenvalue weighted by molar-refractivity contribution is 7.80. The van der Waals surface area contributed by atoms with Crippen molar-refractivity contribution < 1.29 is 4.74 Å².